The molecule has 0 amide bonds. The zero-order valence-corrected chi connectivity index (χ0v) is 10.4. The Kier molecular flexibility index (Phi) is 3.52. The van der Waals surface area contributed by atoms with Gasteiger partial charge >= 0.3 is 0 Å². The fraction of sp³-hybridized carbons (Fsp3) is 0.250. The molecule has 1 N–H and O–H groups in total. The molecule has 16 heavy (non-hydrogen) atoms. The van der Waals surface area contributed by atoms with Crippen LogP contribution in [0.2, 0.25) is 10.0 Å². The van der Waals surface area contributed by atoms with Crippen molar-refractivity contribution in [3.63, 3.8) is 0 Å². The summed E-state index contributed by atoms with van der Waals surface area (Å²) >= 11 is 12.1. The van der Waals surface area contributed by atoms with Gasteiger partial charge in [0, 0.05) is 23.5 Å². The van der Waals surface area contributed by atoms with Crippen molar-refractivity contribution in [2.24, 2.45) is 0 Å². The van der Waals surface area contributed by atoms with E-state index in [1.54, 1.807) is 12.3 Å². The van der Waals surface area contributed by atoms with Crippen LogP contribution < -0.4 is 5.32 Å². The van der Waals surface area contributed by atoms with Crippen molar-refractivity contribution in [3.8, 4) is 0 Å². The summed E-state index contributed by atoms with van der Waals surface area (Å²) in [7, 11) is 0. The first-order valence-electron chi connectivity index (χ1n) is 5.20. The van der Waals surface area contributed by atoms with Crippen LogP contribution in [0, 0.1) is 0 Å². The van der Waals surface area contributed by atoms with Gasteiger partial charge in [0.15, 0.2) is 0 Å². The zero-order chi connectivity index (χ0) is 11.5. The molecule has 0 aliphatic carbocycles. The van der Waals surface area contributed by atoms with Gasteiger partial charge in [0.2, 0.25) is 0 Å². The van der Waals surface area contributed by atoms with Gasteiger partial charge in [-0.05, 0) is 24.6 Å². The van der Waals surface area contributed by atoms with Gasteiger partial charge in [0.1, 0.15) is 5.82 Å². The van der Waals surface area contributed by atoms with Crippen LogP contribution in [-0.4, -0.2) is 11.5 Å². The quantitative estimate of drug-likeness (QED) is 0.881. The molecule has 1 heterocycles. The Labute approximate surface area is 105 Å². The molecule has 0 atom stereocenters. The molecule has 0 aliphatic heterocycles. The number of hydrogen-bond donors (Lipinski definition) is 1. The Balaban J connectivity index is 2.56. The number of nitrogens with zero attached hydrogens (tertiary/aromatic N) is 1. The number of benzene rings is 1. The third kappa shape index (κ3) is 2.08. The van der Waals surface area contributed by atoms with Crippen LogP contribution in [0.25, 0.3) is 10.8 Å². The Morgan fingerprint density at radius 1 is 1.19 bits per heavy atom. The highest BCUT2D eigenvalue weighted by Gasteiger charge is 2.07. The van der Waals surface area contributed by atoms with Gasteiger partial charge in [-0.15, -0.1) is 0 Å². The molecule has 4 heteroatoms. The minimum atomic E-state index is 0.571. The van der Waals surface area contributed by atoms with E-state index in [4.69, 9.17) is 23.2 Å². The van der Waals surface area contributed by atoms with E-state index < -0.39 is 0 Å². The van der Waals surface area contributed by atoms with Gasteiger partial charge in [0.25, 0.3) is 0 Å². The van der Waals surface area contributed by atoms with Gasteiger partial charge in [-0.2, -0.15) is 0 Å². The van der Waals surface area contributed by atoms with Gasteiger partial charge < -0.3 is 5.32 Å². The molecular weight excluding hydrogens is 243 g/mol. The third-order valence-electron chi connectivity index (χ3n) is 2.38. The van der Waals surface area contributed by atoms with E-state index in [9.17, 15) is 0 Å². The molecule has 0 bridgehead atoms. The van der Waals surface area contributed by atoms with Gasteiger partial charge in [-0.1, -0.05) is 30.1 Å². The smallest absolute Gasteiger partial charge is 0.133 e. The normalized spacial score (nSPS) is 10.7. The zero-order valence-electron chi connectivity index (χ0n) is 8.93. The maximum atomic E-state index is 6.14. The first kappa shape index (κ1) is 11.5. The summed E-state index contributed by atoms with van der Waals surface area (Å²) in [6, 6.07) is 5.61. The number of fused-ring (bicyclic) bond motifs is 1. The highest BCUT2D eigenvalue weighted by atomic mass is 35.5. The van der Waals surface area contributed by atoms with Crippen LogP contribution in [0.3, 0.4) is 0 Å². The highest BCUT2D eigenvalue weighted by Crippen LogP contribution is 2.33. The summed E-state index contributed by atoms with van der Waals surface area (Å²) in [5.41, 5.74) is 0. The minimum absolute atomic E-state index is 0.571. The molecule has 0 unspecified atom stereocenters. The van der Waals surface area contributed by atoms with E-state index in [1.165, 1.54) is 0 Å². The van der Waals surface area contributed by atoms with Crippen LogP contribution >= 0.6 is 23.2 Å². The fourth-order valence-electron chi connectivity index (χ4n) is 1.58. The van der Waals surface area contributed by atoms with Crippen LogP contribution in [0.1, 0.15) is 13.3 Å². The van der Waals surface area contributed by atoms with E-state index in [2.05, 4.69) is 17.2 Å². The molecule has 1 aromatic carbocycles. The number of halogens is 2. The fourth-order valence-corrected chi connectivity index (χ4v) is 1.97. The lowest BCUT2D eigenvalue weighted by molar-refractivity contribution is 0.972. The summed E-state index contributed by atoms with van der Waals surface area (Å²) < 4.78 is 0. The lowest BCUT2D eigenvalue weighted by Gasteiger charge is -2.09. The lowest BCUT2D eigenvalue weighted by atomic mass is 10.1. The standard InChI is InChI=1S/C12H12Cl2N2/c1-2-6-15-12-9-3-4-10(13)11(14)8(9)5-7-16-12/h3-5,7H,2,6H2,1H3,(H,15,16). The summed E-state index contributed by atoms with van der Waals surface area (Å²) in [4.78, 5) is 4.30. The average molecular weight is 255 g/mol. The summed E-state index contributed by atoms with van der Waals surface area (Å²) in [6.45, 7) is 3.01. The Morgan fingerprint density at radius 3 is 2.75 bits per heavy atom. The second kappa shape index (κ2) is 4.89. The Morgan fingerprint density at radius 2 is 2.00 bits per heavy atom. The van der Waals surface area contributed by atoms with Crippen molar-refractivity contribution in [1.29, 1.82) is 0 Å². The van der Waals surface area contributed by atoms with Crippen molar-refractivity contribution < 1.29 is 0 Å². The molecule has 0 aliphatic rings. The maximum absolute atomic E-state index is 6.14. The van der Waals surface area contributed by atoms with Gasteiger partial charge in [0.05, 0.1) is 10.0 Å². The molecule has 0 saturated carbocycles. The minimum Gasteiger partial charge on any atom is -0.370 e. The number of rotatable bonds is 3. The molecule has 0 spiro atoms. The summed E-state index contributed by atoms with van der Waals surface area (Å²) in [5.74, 6) is 0.859. The van der Waals surface area contributed by atoms with E-state index in [-0.39, 0.29) is 0 Å². The summed E-state index contributed by atoms with van der Waals surface area (Å²) in [6.07, 6.45) is 2.79. The molecule has 0 fully saturated rings. The van der Waals surface area contributed by atoms with E-state index in [1.807, 2.05) is 12.1 Å². The molecule has 0 radical (unpaired) electrons. The molecule has 2 aromatic rings. The SMILES string of the molecule is CCCNc1nccc2c(Cl)c(Cl)ccc12. The first-order valence-corrected chi connectivity index (χ1v) is 5.96. The molecule has 2 nitrogen and oxygen atoms in total. The highest BCUT2D eigenvalue weighted by molar-refractivity contribution is 6.45. The number of anilines is 1. The van der Waals surface area contributed by atoms with Gasteiger partial charge in [-0.3, -0.25) is 0 Å². The monoisotopic (exact) mass is 254 g/mol. The third-order valence-corrected chi connectivity index (χ3v) is 3.19. The average Bonchev–Trinajstić information content (AvgIpc) is 2.31. The number of pyridine rings is 1. The predicted octanol–water partition coefficient (Wildman–Crippen LogP) is 4.36. The Bertz CT molecular complexity index is 512. The molecule has 0 saturated heterocycles. The second-order valence-electron chi connectivity index (χ2n) is 3.54. The van der Waals surface area contributed by atoms with Gasteiger partial charge in [-0.25, -0.2) is 4.98 Å². The maximum Gasteiger partial charge on any atom is 0.133 e. The van der Waals surface area contributed by atoms with Crippen molar-refractivity contribution in [2.75, 3.05) is 11.9 Å². The van der Waals surface area contributed by atoms with Crippen molar-refractivity contribution in [1.82, 2.24) is 4.98 Å². The Hall–Kier alpha value is -0.990. The second-order valence-corrected chi connectivity index (χ2v) is 4.33. The molecule has 2 rings (SSSR count). The van der Waals surface area contributed by atoms with Crippen LogP contribution in [-0.2, 0) is 0 Å². The van der Waals surface area contributed by atoms with E-state index >= 15 is 0 Å². The topological polar surface area (TPSA) is 24.9 Å². The number of hydrogen-bond acceptors (Lipinski definition) is 2. The van der Waals surface area contributed by atoms with E-state index in [0.717, 1.165) is 29.6 Å². The first-order chi connectivity index (χ1) is 7.74. The number of aromatic nitrogens is 1. The number of nitrogens with one attached hydrogen (secondary N) is 1. The largest absolute Gasteiger partial charge is 0.370 e. The summed E-state index contributed by atoms with van der Waals surface area (Å²) in [5, 5.41) is 6.36. The van der Waals surface area contributed by atoms with Crippen LogP contribution in [0.5, 0.6) is 0 Å². The van der Waals surface area contributed by atoms with Crippen molar-refractivity contribution in [2.45, 2.75) is 13.3 Å². The molecule has 84 valence electrons. The van der Waals surface area contributed by atoms with Crippen LogP contribution in [0.4, 0.5) is 5.82 Å². The van der Waals surface area contributed by atoms with E-state index in [0.29, 0.717) is 10.0 Å². The molecule has 1 aromatic heterocycles. The van der Waals surface area contributed by atoms with Crippen LogP contribution in [0.15, 0.2) is 24.4 Å². The van der Waals surface area contributed by atoms with Crippen molar-refractivity contribution >= 4 is 39.8 Å². The van der Waals surface area contributed by atoms with Crippen molar-refractivity contribution in [3.05, 3.63) is 34.4 Å². The lowest BCUT2D eigenvalue weighted by Crippen LogP contribution is -2.02. The molecular formula is C12H12Cl2N2. The predicted molar refractivity (Wildman–Crippen MR) is 70.5 cm³/mol.